The summed E-state index contributed by atoms with van der Waals surface area (Å²) in [5, 5.41) is 4.91. The Morgan fingerprint density at radius 2 is 2.00 bits per heavy atom. The van der Waals surface area contributed by atoms with Crippen molar-refractivity contribution in [1.29, 1.82) is 0 Å². The number of nitrogens with zero attached hydrogens (tertiary/aromatic N) is 2. The molecule has 1 aliphatic rings. The Kier molecular flexibility index (Phi) is 4.08. The van der Waals surface area contributed by atoms with E-state index in [4.69, 9.17) is 0 Å². The fourth-order valence-corrected chi connectivity index (χ4v) is 3.31. The van der Waals surface area contributed by atoms with Crippen LogP contribution in [0.4, 0.5) is 0 Å². The average molecular weight is 271 g/mol. The summed E-state index contributed by atoms with van der Waals surface area (Å²) in [6.45, 7) is 8.15. The topological polar surface area (TPSA) is 20.2 Å². The molecule has 2 aromatic rings. The van der Waals surface area contributed by atoms with Gasteiger partial charge in [-0.3, -0.25) is 0 Å². The first-order chi connectivity index (χ1) is 9.77. The van der Waals surface area contributed by atoms with Gasteiger partial charge in [-0.25, -0.2) is 0 Å². The summed E-state index contributed by atoms with van der Waals surface area (Å²) in [6, 6.07) is 8.77. The van der Waals surface area contributed by atoms with Crippen molar-refractivity contribution in [3.05, 3.63) is 35.5 Å². The predicted molar refractivity (Wildman–Crippen MR) is 85.3 cm³/mol. The van der Waals surface area contributed by atoms with Gasteiger partial charge < -0.3 is 14.8 Å². The van der Waals surface area contributed by atoms with Crippen LogP contribution in [-0.2, 0) is 13.5 Å². The number of fused-ring (bicyclic) bond motifs is 1. The van der Waals surface area contributed by atoms with Crippen molar-refractivity contribution in [1.82, 2.24) is 14.8 Å². The minimum atomic E-state index is 1.13. The lowest BCUT2D eigenvalue weighted by atomic mass is 10.1. The first kappa shape index (κ1) is 13.7. The van der Waals surface area contributed by atoms with Crippen LogP contribution >= 0.6 is 0 Å². The molecule has 0 aliphatic carbocycles. The van der Waals surface area contributed by atoms with Crippen molar-refractivity contribution in [3.63, 3.8) is 0 Å². The van der Waals surface area contributed by atoms with E-state index < -0.39 is 0 Å². The molecule has 20 heavy (non-hydrogen) atoms. The summed E-state index contributed by atoms with van der Waals surface area (Å²) >= 11 is 0. The van der Waals surface area contributed by atoms with Gasteiger partial charge in [0.15, 0.2) is 0 Å². The number of aromatic nitrogens is 1. The molecule has 1 aromatic carbocycles. The highest BCUT2D eigenvalue weighted by molar-refractivity contribution is 5.85. The molecule has 0 unspecified atom stereocenters. The van der Waals surface area contributed by atoms with Gasteiger partial charge in [-0.05, 0) is 44.5 Å². The van der Waals surface area contributed by atoms with E-state index in [0.717, 1.165) is 13.0 Å². The lowest BCUT2D eigenvalue weighted by Crippen LogP contribution is -2.30. The molecule has 0 saturated carbocycles. The average Bonchev–Trinajstić information content (AvgIpc) is 2.68. The maximum atomic E-state index is 3.47. The van der Waals surface area contributed by atoms with Gasteiger partial charge >= 0.3 is 0 Å². The standard InChI is InChI=1S/C17H25N3/c1-14-15(8-12-20-11-5-9-18-10-13-20)16-6-3-4-7-17(16)19(14)2/h3-4,6-7,18H,5,8-13H2,1-2H3. The van der Waals surface area contributed by atoms with Gasteiger partial charge in [0.05, 0.1) is 0 Å². The molecule has 1 N–H and O–H groups in total. The number of hydrogen-bond donors (Lipinski definition) is 1. The minimum Gasteiger partial charge on any atom is -0.348 e. The third kappa shape index (κ3) is 2.60. The van der Waals surface area contributed by atoms with Gasteiger partial charge in [-0.1, -0.05) is 18.2 Å². The van der Waals surface area contributed by atoms with E-state index in [2.05, 4.69) is 53.0 Å². The van der Waals surface area contributed by atoms with Crippen LogP contribution in [0.3, 0.4) is 0 Å². The summed E-state index contributed by atoms with van der Waals surface area (Å²) < 4.78 is 2.33. The van der Waals surface area contributed by atoms with Crippen molar-refractivity contribution in [2.45, 2.75) is 19.8 Å². The summed E-state index contributed by atoms with van der Waals surface area (Å²) in [4.78, 5) is 2.60. The second-order valence-electron chi connectivity index (χ2n) is 5.84. The SMILES string of the molecule is Cc1c(CCN2CCCNCC2)c2ccccc2n1C. The smallest absolute Gasteiger partial charge is 0.0482 e. The largest absolute Gasteiger partial charge is 0.348 e. The number of nitrogens with one attached hydrogen (secondary N) is 1. The monoisotopic (exact) mass is 271 g/mol. The Hall–Kier alpha value is -1.32. The Bertz CT molecular complexity index is 577. The zero-order valence-corrected chi connectivity index (χ0v) is 12.7. The molecule has 3 heteroatoms. The predicted octanol–water partition coefficient (Wildman–Crippen LogP) is 2.32. The summed E-state index contributed by atoms with van der Waals surface area (Å²) in [5.41, 5.74) is 4.30. The lowest BCUT2D eigenvalue weighted by Gasteiger charge is -2.19. The van der Waals surface area contributed by atoms with Gasteiger partial charge in [-0.15, -0.1) is 0 Å². The van der Waals surface area contributed by atoms with Crippen LogP contribution in [0.5, 0.6) is 0 Å². The van der Waals surface area contributed by atoms with Gasteiger partial charge in [0.1, 0.15) is 0 Å². The molecular formula is C17H25N3. The highest BCUT2D eigenvalue weighted by Crippen LogP contribution is 2.25. The minimum absolute atomic E-state index is 1.13. The van der Waals surface area contributed by atoms with Gasteiger partial charge in [-0.2, -0.15) is 0 Å². The van der Waals surface area contributed by atoms with Crippen LogP contribution in [0.1, 0.15) is 17.7 Å². The van der Waals surface area contributed by atoms with Crippen molar-refractivity contribution in [3.8, 4) is 0 Å². The fraction of sp³-hybridized carbons (Fsp3) is 0.529. The van der Waals surface area contributed by atoms with E-state index in [1.165, 1.54) is 54.8 Å². The number of hydrogen-bond acceptors (Lipinski definition) is 2. The number of aryl methyl sites for hydroxylation is 1. The molecule has 2 heterocycles. The number of rotatable bonds is 3. The molecule has 0 radical (unpaired) electrons. The van der Waals surface area contributed by atoms with Crippen molar-refractivity contribution < 1.29 is 0 Å². The lowest BCUT2D eigenvalue weighted by molar-refractivity contribution is 0.296. The molecule has 1 fully saturated rings. The van der Waals surface area contributed by atoms with Crippen LogP contribution in [0, 0.1) is 6.92 Å². The summed E-state index contributed by atoms with van der Waals surface area (Å²) in [5.74, 6) is 0. The van der Waals surface area contributed by atoms with E-state index in [0.29, 0.717) is 0 Å². The Morgan fingerprint density at radius 3 is 2.90 bits per heavy atom. The fourth-order valence-electron chi connectivity index (χ4n) is 3.31. The number of para-hydroxylation sites is 1. The van der Waals surface area contributed by atoms with Gasteiger partial charge in [0.2, 0.25) is 0 Å². The second-order valence-corrected chi connectivity index (χ2v) is 5.84. The number of benzene rings is 1. The van der Waals surface area contributed by atoms with Crippen molar-refractivity contribution in [2.24, 2.45) is 7.05 Å². The molecule has 3 rings (SSSR count). The molecule has 1 aromatic heterocycles. The third-order valence-corrected chi connectivity index (χ3v) is 4.64. The van der Waals surface area contributed by atoms with Crippen LogP contribution in [-0.4, -0.2) is 42.2 Å². The highest BCUT2D eigenvalue weighted by atomic mass is 15.1. The zero-order valence-electron chi connectivity index (χ0n) is 12.7. The maximum absolute atomic E-state index is 3.47. The van der Waals surface area contributed by atoms with Gasteiger partial charge in [0, 0.05) is 43.3 Å². The maximum Gasteiger partial charge on any atom is 0.0482 e. The highest BCUT2D eigenvalue weighted by Gasteiger charge is 2.13. The summed E-state index contributed by atoms with van der Waals surface area (Å²) in [7, 11) is 2.18. The Labute approximate surface area is 121 Å². The Morgan fingerprint density at radius 1 is 1.15 bits per heavy atom. The molecule has 0 bridgehead atoms. The molecule has 0 atom stereocenters. The van der Waals surface area contributed by atoms with E-state index in [-0.39, 0.29) is 0 Å². The van der Waals surface area contributed by atoms with Gasteiger partial charge in [0.25, 0.3) is 0 Å². The third-order valence-electron chi connectivity index (χ3n) is 4.64. The molecular weight excluding hydrogens is 246 g/mol. The van der Waals surface area contributed by atoms with E-state index in [1.807, 2.05) is 0 Å². The van der Waals surface area contributed by atoms with Crippen LogP contribution in [0.15, 0.2) is 24.3 Å². The molecule has 1 saturated heterocycles. The zero-order chi connectivity index (χ0) is 13.9. The molecule has 0 spiro atoms. The molecule has 108 valence electrons. The first-order valence-electron chi connectivity index (χ1n) is 7.73. The van der Waals surface area contributed by atoms with Crippen molar-refractivity contribution in [2.75, 3.05) is 32.7 Å². The van der Waals surface area contributed by atoms with E-state index in [9.17, 15) is 0 Å². The van der Waals surface area contributed by atoms with Crippen LogP contribution in [0.25, 0.3) is 10.9 Å². The van der Waals surface area contributed by atoms with E-state index in [1.54, 1.807) is 0 Å². The second kappa shape index (κ2) is 5.98. The van der Waals surface area contributed by atoms with Crippen LogP contribution < -0.4 is 5.32 Å². The van der Waals surface area contributed by atoms with Crippen molar-refractivity contribution >= 4 is 10.9 Å². The Balaban J connectivity index is 1.78. The molecule has 0 amide bonds. The summed E-state index contributed by atoms with van der Waals surface area (Å²) in [6.07, 6.45) is 2.43. The van der Waals surface area contributed by atoms with Crippen LogP contribution in [0.2, 0.25) is 0 Å². The normalized spacial score (nSPS) is 17.5. The van der Waals surface area contributed by atoms with E-state index >= 15 is 0 Å². The molecule has 3 nitrogen and oxygen atoms in total. The first-order valence-corrected chi connectivity index (χ1v) is 7.73. The quantitative estimate of drug-likeness (QED) is 0.924. The molecule has 1 aliphatic heterocycles.